The maximum Gasteiger partial charge on any atom is 0.219 e. The topological polar surface area (TPSA) is 82.3 Å². The number of hydrazine groups is 1. The summed E-state index contributed by atoms with van der Waals surface area (Å²) in [4.78, 5) is 8.35. The van der Waals surface area contributed by atoms with Crippen molar-refractivity contribution in [2.45, 2.75) is 20.5 Å². The standard InChI is InChI=1S/C11H18N4O2/c1-3-5-6-17-11-7-9(15-12)13-10(14-11)8-16-4-2/h3,5,7H,4,6,8,12H2,1-2H3,(H,13,14,15)/b5-3+. The Hall–Kier alpha value is -1.66. The van der Waals surface area contributed by atoms with Gasteiger partial charge in [0.05, 0.1) is 0 Å². The van der Waals surface area contributed by atoms with Crippen molar-refractivity contribution in [1.29, 1.82) is 0 Å². The van der Waals surface area contributed by atoms with Gasteiger partial charge in [-0.15, -0.1) is 0 Å². The van der Waals surface area contributed by atoms with Crippen molar-refractivity contribution >= 4 is 5.82 Å². The van der Waals surface area contributed by atoms with Gasteiger partial charge in [0, 0.05) is 12.7 Å². The zero-order valence-corrected chi connectivity index (χ0v) is 10.1. The van der Waals surface area contributed by atoms with Gasteiger partial charge < -0.3 is 14.9 Å². The van der Waals surface area contributed by atoms with Crippen molar-refractivity contribution in [3.8, 4) is 5.88 Å². The van der Waals surface area contributed by atoms with E-state index in [1.807, 2.05) is 26.0 Å². The Labute approximate surface area is 101 Å². The summed E-state index contributed by atoms with van der Waals surface area (Å²) in [6, 6.07) is 1.64. The normalized spacial score (nSPS) is 10.8. The Balaban J connectivity index is 2.73. The predicted octanol–water partition coefficient (Wildman–Crippen LogP) is 1.25. The second-order valence-corrected chi connectivity index (χ2v) is 3.17. The molecule has 0 fully saturated rings. The van der Waals surface area contributed by atoms with E-state index in [0.717, 1.165) is 0 Å². The van der Waals surface area contributed by atoms with Crippen LogP contribution in [0.2, 0.25) is 0 Å². The van der Waals surface area contributed by atoms with Gasteiger partial charge in [-0.2, -0.15) is 4.98 Å². The first-order chi connectivity index (χ1) is 8.30. The molecule has 0 unspecified atom stereocenters. The molecule has 0 saturated carbocycles. The molecule has 17 heavy (non-hydrogen) atoms. The molecule has 0 aromatic carbocycles. The number of aromatic nitrogens is 2. The lowest BCUT2D eigenvalue weighted by Crippen LogP contribution is -2.12. The molecule has 0 aliphatic heterocycles. The summed E-state index contributed by atoms with van der Waals surface area (Å²) in [6.07, 6.45) is 3.80. The van der Waals surface area contributed by atoms with Crippen LogP contribution in [-0.2, 0) is 11.3 Å². The lowest BCUT2D eigenvalue weighted by Gasteiger charge is -2.07. The lowest BCUT2D eigenvalue weighted by atomic mass is 10.5. The first-order valence-corrected chi connectivity index (χ1v) is 5.46. The smallest absolute Gasteiger partial charge is 0.219 e. The Morgan fingerprint density at radius 2 is 2.29 bits per heavy atom. The number of rotatable bonds is 7. The van der Waals surface area contributed by atoms with Crippen molar-refractivity contribution in [3.05, 3.63) is 24.0 Å². The van der Waals surface area contributed by atoms with Gasteiger partial charge in [0.25, 0.3) is 0 Å². The van der Waals surface area contributed by atoms with Crippen LogP contribution in [0.1, 0.15) is 19.7 Å². The molecule has 1 aromatic heterocycles. The molecule has 0 saturated heterocycles. The van der Waals surface area contributed by atoms with E-state index in [2.05, 4.69) is 15.4 Å². The number of nitrogens with one attached hydrogen (secondary N) is 1. The number of nitrogens with two attached hydrogens (primary N) is 1. The minimum Gasteiger partial charge on any atom is -0.473 e. The Bertz CT molecular complexity index is 368. The van der Waals surface area contributed by atoms with Crippen LogP contribution in [0.5, 0.6) is 5.88 Å². The Morgan fingerprint density at radius 3 is 2.94 bits per heavy atom. The number of allylic oxidation sites excluding steroid dienone is 1. The van der Waals surface area contributed by atoms with Crippen molar-refractivity contribution in [1.82, 2.24) is 9.97 Å². The fourth-order valence-electron chi connectivity index (χ4n) is 1.11. The highest BCUT2D eigenvalue weighted by atomic mass is 16.5. The SMILES string of the molecule is C/C=C/COc1cc(NN)nc(COCC)n1. The van der Waals surface area contributed by atoms with E-state index in [0.29, 0.717) is 37.3 Å². The second kappa shape index (κ2) is 7.59. The van der Waals surface area contributed by atoms with Crippen LogP contribution in [0, 0.1) is 0 Å². The molecule has 3 N–H and O–H groups in total. The monoisotopic (exact) mass is 238 g/mol. The highest BCUT2D eigenvalue weighted by Gasteiger charge is 2.04. The number of ether oxygens (including phenoxy) is 2. The van der Waals surface area contributed by atoms with Crippen LogP contribution in [0.3, 0.4) is 0 Å². The van der Waals surface area contributed by atoms with E-state index in [-0.39, 0.29) is 0 Å². The summed E-state index contributed by atoms with van der Waals surface area (Å²) < 4.78 is 10.7. The fraction of sp³-hybridized carbons (Fsp3) is 0.455. The van der Waals surface area contributed by atoms with Crippen LogP contribution >= 0.6 is 0 Å². The van der Waals surface area contributed by atoms with E-state index in [1.54, 1.807) is 6.07 Å². The molecule has 0 radical (unpaired) electrons. The summed E-state index contributed by atoms with van der Waals surface area (Å²) in [5, 5.41) is 0. The summed E-state index contributed by atoms with van der Waals surface area (Å²) in [5.74, 6) is 6.84. The van der Waals surface area contributed by atoms with Crippen LogP contribution < -0.4 is 16.0 Å². The molecular formula is C11H18N4O2. The summed E-state index contributed by atoms with van der Waals surface area (Å²) in [7, 11) is 0. The average Bonchev–Trinajstić information content (AvgIpc) is 2.36. The van der Waals surface area contributed by atoms with Crippen LogP contribution in [0.15, 0.2) is 18.2 Å². The molecule has 0 bridgehead atoms. The largest absolute Gasteiger partial charge is 0.473 e. The van der Waals surface area contributed by atoms with E-state index in [4.69, 9.17) is 15.3 Å². The number of nitrogen functional groups attached to an aromatic ring is 1. The summed E-state index contributed by atoms with van der Waals surface area (Å²) >= 11 is 0. The maximum absolute atomic E-state index is 5.42. The summed E-state index contributed by atoms with van der Waals surface area (Å²) in [5.41, 5.74) is 2.47. The van der Waals surface area contributed by atoms with Gasteiger partial charge in [0.2, 0.25) is 5.88 Å². The molecular weight excluding hydrogens is 220 g/mol. The van der Waals surface area contributed by atoms with Crippen LogP contribution in [-0.4, -0.2) is 23.2 Å². The molecule has 0 aliphatic rings. The molecule has 0 amide bonds. The number of hydrogen-bond acceptors (Lipinski definition) is 6. The molecule has 0 aliphatic carbocycles. The van der Waals surface area contributed by atoms with E-state index in [1.165, 1.54) is 0 Å². The van der Waals surface area contributed by atoms with Gasteiger partial charge in [-0.1, -0.05) is 12.2 Å². The van der Waals surface area contributed by atoms with Crippen LogP contribution in [0.4, 0.5) is 5.82 Å². The molecule has 1 aromatic rings. The van der Waals surface area contributed by atoms with Gasteiger partial charge >= 0.3 is 0 Å². The fourth-order valence-corrected chi connectivity index (χ4v) is 1.11. The molecule has 6 heteroatoms. The minimum absolute atomic E-state index is 0.339. The number of anilines is 1. The average molecular weight is 238 g/mol. The molecule has 0 atom stereocenters. The first kappa shape index (κ1) is 13.4. The minimum atomic E-state index is 0.339. The van der Waals surface area contributed by atoms with Gasteiger partial charge in [-0.05, 0) is 13.8 Å². The number of nitrogens with zero attached hydrogens (tertiary/aromatic N) is 2. The Kier molecular flexibility index (Phi) is 5.98. The van der Waals surface area contributed by atoms with Gasteiger partial charge in [0.15, 0.2) is 5.82 Å². The maximum atomic E-state index is 5.42. The second-order valence-electron chi connectivity index (χ2n) is 3.17. The molecule has 1 rings (SSSR count). The quantitative estimate of drug-likeness (QED) is 0.422. The Morgan fingerprint density at radius 1 is 1.47 bits per heavy atom. The van der Waals surface area contributed by atoms with Gasteiger partial charge in [-0.3, -0.25) is 0 Å². The van der Waals surface area contributed by atoms with Gasteiger partial charge in [-0.25, -0.2) is 10.8 Å². The third-order valence-electron chi connectivity index (χ3n) is 1.90. The molecule has 94 valence electrons. The molecule has 1 heterocycles. The number of hydrogen-bond donors (Lipinski definition) is 2. The van der Waals surface area contributed by atoms with E-state index in [9.17, 15) is 0 Å². The van der Waals surface area contributed by atoms with Crippen molar-refractivity contribution in [2.24, 2.45) is 5.84 Å². The highest BCUT2D eigenvalue weighted by molar-refractivity contribution is 5.36. The van der Waals surface area contributed by atoms with Crippen molar-refractivity contribution in [2.75, 3.05) is 18.6 Å². The zero-order chi connectivity index (χ0) is 12.5. The highest BCUT2D eigenvalue weighted by Crippen LogP contribution is 2.13. The van der Waals surface area contributed by atoms with E-state index < -0.39 is 0 Å². The summed E-state index contributed by atoms with van der Waals surface area (Å²) in [6.45, 7) is 5.25. The zero-order valence-electron chi connectivity index (χ0n) is 10.1. The van der Waals surface area contributed by atoms with Gasteiger partial charge in [0.1, 0.15) is 19.0 Å². The predicted molar refractivity (Wildman–Crippen MR) is 65.5 cm³/mol. The molecule has 6 nitrogen and oxygen atoms in total. The third kappa shape index (κ3) is 4.80. The van der Waals surface area contributed by atoms with Crippen LogP contribution in [0.25, 0.3) is 0 Å². The molecule has 0 spiro atoms. The third-order valence-corrected chi connectivity index (χ3v) is 1.90. The van der Waals surface area contributed by atoms with Crippen molar-refractivity contribution < 1.29 is 9.47 Å². The van der Waals surface area contributed by atoms with E-state index >= 15 is 0 Å². The first-order valence-electron chi connectivity index (χ1n) is 5.46. The van der Waals surface area contributed by atoms with Crippen molar-refractivity contribution in [3.63, 3.8) is 0 Å². The lowest BCUT2D eigenvalue weighted by molar-refractivity contribution is 0.127.